The van der Waals surface area contributed by atoms with E-state index in [2.05, 4.69) is 40.2 Å². The summed E-state index contributed by atoms with van der Waals surface area (Å²) in [6, 6.07) is 0. The van der Waals surface area contributed by atoms with E-state index >= 15 is 0 Å². The van der Waals surface area contributed by atoms with Gasteiger partial charge in [0.25, 0.3) is 0 Å². The van der Waals surface area contributed by atoms with Crippen LogP contribution in [0.25, 0.3) is 0 Å². The fourth-order valence-electron chi connectivity index (χ4n) is 2.44. The first-order chi connectivity index (χ1) is 8.29. The van der Waals surface area contributed by atoms with Gasteiger partial charge in [-0.2, -0.15) is 11.8 Å². The third-order valence-corrected chi connectivity index (χ3v) is 4.59. The zero-order valence-electron chi connectivity index (χ0n) is 10.9. The van der Waals surface area contributed by atoms with E-state index in [4.69, 9.17) is 0 Å². The second-order valence-electron chi connectivity index (χ2n) is 4.76. The molecule has 0 saturated carbocycles. The summed E-state index contributed by atoms with van der Waals surface area (Å²) in [7, 11) is 2.08. The predicted molar refractivity (Wildman–Crippen MR) is 74.3 cm³/mol. The van der Waals surface area contributed by atoms with Gasteiger partial charge in [-0.25, -0.2) is 4.98 Å². The minimum Gasteiger partial charge on any atom is -0.337 e. The summed E-state index contributed by atoms with van der Waals surface area (Å²) < 4.78 is 2.13. The summed E-state index contributed by atoms with van der Waals surface area (Å²) in [5.74, 6) is 2.42. The zero-order chi connectivity index (χ0) is 12.1. The molecule has 2 rings (SSSR count). The van der Waals surface area contributed by atoms with Crippen LogP contribution in [-0.2, 0) is 13.6 Å². The van der Waals surface area contributed by atoms with Crippen molar-refractivity contribution in [3.8, 4) is 0 Å². The quantitative estimate of drug-likeness (QED) is 0.823. The number of aromatic nitrogens is 2. The van der Waals surface area contributed by atoms with E-state index in [1.165, 1.54) is 43.9 Å². The van der Waals surface area contributed by atoms with Crippen LogP contribution in [-0.4, -0.2) is 38.5 Å². The van der Waals surface area contributed by atoms with E-state index in [-0.39, 0.29) is 0 Å². The van der Waals surface area contributed by atoms with Crippen LogP contribution in [0, 0.1) is 0 Å². The predicted octanol–water partition coefficient (Wildman–Crippen LogP) is 2.53. The molecule has 0 amide bonds. The highest BCUT2D eigenvalue weighted by atomic mass is 32.2. The van der Waals surface area contributed by atoms with E-state index in [1.54, 1.807) is 0 Å². The first kappa shape index (κ1) is 13.0. The van der Waals surface area contributed by atoms with E-state index < -0.39 is 0 Å². The van der Waals surface area contributed by atoms with Crippen molar-refractivity contribution in [2.75, 3.05) is 18.8 Å². The van der Waals surface area contributed by atoms with Crippen molar-refractivity contribution in [2.24, 2.45) is 7.05 Å². The molecule has 3 nitrogen and oxygen atoms in total. The van der Waals surface area contributed by atoms with Gasteiger partial charge in [0.15, 0.2) is 0 Å². The Hall–Kier alpha value is -0.480. The Labute approximate surface area is 109 Å². The second kappa shape index (κ2) is 6.45. The van der Waals surface area contributed by atoms with Crippen LogP contribution in [0.3, 0.4) is 0 Å². The lowest BCUT2D eigenvalue weighted by atomic mass is 10.2. The molecule has 1 fully saturated rings. The molecule has 2 heterocycles. The molecule has 1 saturated heterocycles. The van der Waals surface area contributed by atoms with Crippen LogP contribution >= 0.6 is 11.8 Å². The second-order valence-corrected chi connectivity index (χ2v) is 6.34. The average Bonchev–Trinajstić information content (AvgIpc) is 2.59. The Morgan fingerprint density at radius 2 is 2.35 bits per heavy atom. The first-order valence-electron chi connectivity index (χ1n) is 6.59. The maximum Gasteiger partial charge on any atom is 0.122 e. The average molecular weight is 253 g/mol. The first-order valence-corrected chi connectivity index (χ1v) is 7.64. The van der Waals surface area contributed by atoms with Crippen molar-refractivity contribution in [3.05, 3.63) is 18.2 Å². The molecule has 17 heavy (non-hydrogen) atoms. The molecule has 0 radical (unpaired) electrons. The van der Waals surface area contributed by atoms with Crippen LogP contribution in [0.2, 0.25) is 0 Å². The van der Waals surface area contributed by atoms with Gasteiger partial charge in [0.05, 0.1) is 6.54 Å². The van der Waals surface area contributed by atoms with Crippen molar-refractivity contribution >= 4 is 11.8 Å². The van der Waals surface area contributed by atoms with Crippen molar-refractivity contribution in [3.63, 3.8) is 0 Å². The lowest BCUT2D eigenvalue weighted by molar-refractivity contribution is 0.270. The van der Waals surface area contributed by atoms with Crippen LogP contribution in [0.4, 0.5) is 0 Å². The highest BCUT2D eigenvalue weighted by molar-refractivity contribution is 7.99. The van der Waals surface area contributed by atoms with Crippen molar-refractivity contribution < 1.29 is 0 Å². The highest BCUT2D eigenvalue weighted by Crippen LogP contribution is 2.22. The minimum atomic E-state index is 0.822. The Kier molecular flexibility index (Phi) is 4.92. The molecule has 96 valence electrons. The molecule has 1 aromatic heterocycles. The number of aryl methyl sites for hydroxylation is 1. The summed E-state index contributed by atoms with van der Waals surface area (Å²) in [5.41, 5.74) is 0. The number of likely N-dealkylation sites (tertiary alicyclic amines) is 1. The van der Waals surface area contributed by atoms with E-state index in [9.17, 15) is 0 Å². The summed E-state index contributed by atoms with van der Waals surface area (Å²) in [6.07, 6.45) is 8.03. The van der Waals surface area contributed by atoms with Gasteiger partial charge in [-0.1, -0.05) is 13.3 Å². The molecule has 1 atom stereocenters. The van der Waals surface area contributed by atoms with Crippen LogP contribution < -0.4 is 0 Å². The van der Waals surface area contributed by atoms with Gasteiger partial charge in [-0.3, -0.25) is 4.90 Å². The largest absolute Gasteiger partial charge is 0.337 e. The van der Waals surface area contributed by atoms with Crippen molar-refractivity contribution in [1.29, 1.82) is 0 Å². The number of thioether (sulfide) groups is 1. The Morgan fingerprint density at radius 1 is 1.47 bits per heavy atom. The smallest absolute Gasteiger partial charge is 0.122 e. The topological polar surface area (TPSA) is 21.1 Å². The summed E-state index contributed by atoms with van der Waals surface area (Å²) in [5, 5.41) is 0.822. The molecule has 4 heteroatoms. The van der Waals surface area contributed by atoms with Crippen molar-refractivity contribution in [1.82, 2.24) is 14.5 Å². The molecule has 1 aromatic rings. The van der Waals surface area contributed by atoms with E-state index in [1.807, 2.05) is 12.4 Å². The van der Waals surface area contributed by atoms with Gasteiger partial charge in [-0.15, -0.1) is 0 Å². The molecule has 1 unspecified atom stereocenters. The summed E-state index contributed by atoms with van der Waals surface area (Å²) in [4.78, 5) is 7.00. The fraction of sp³-hybridized carbons (Fsp3) is 0.769. The standard InChI is InChI=1S/C13H23N3S/c1-3-17-12-6-4-5-8-16(10-12)11-13-14-7-9-15(13)2/h7,9,12H,3-6,8,10-11H2,1-2H3. The molecule has 1 aliphatic rings. The third kappa shape index (κ3) is 3.75. The van der Waals surface area contributed by atoms with Crippen LogP contribution in [0.15, 0.2) is 12.4 Å². The molecular weight excluding hydrogens is 230 g/mol. The lowest BCUT2D eigenvalue weighted by Crippen LogP contribution is -2.30. The number of hydrogen-bond acceptors (Lipinski definition) is 3. The Morgan fingerprint density at radius 3 is 3.06 bits per heavy atom. The molecule has 0 N–H and O–H groups in total. The fourth-order valence-corrected chi connectivity index (χ4v) is 3.56. The SMILES string of the molecule is CCSC1CCCCN(Cc2nccn2C)C1. The van der Waals surface area contributed by atoms with Crippen LogP contribution in [0.1, 0.15) is 32.0 Å². The van der Waals surface area contributed by atoms with Gasteiger partial charge < -0.3 is 4.57 Å². The van der Waals surface area contributed by atoms with Gasteiger partial charge in [0, 0.05) is 31.2 Å². The normalized spacial score (nSPS) is 22.6. The third-order valence-electron chi connectivity index (χ3n) is 3.40. The zero-order valence-corrected chi connectivity index (χ0v) is 11.7. The summed E-state index contributed by atoms with van der Waals surface area (Å²) in [6.45, 7) is 5.72. The van der Waals surface area contributed by atoms with Crippen molar-refractivity contribution in [2.45, 2.75) is 38.0 Å². The molecule has 0 aromatic carbocycles. The maximum absolute atomic E-state index is 4.43. The monoisotopic (exact) mass is 253 g/mol. The van der Waals surface area contributed by atoms with Gasteiger partial charge in [0.1, 0.15) is 5.82 Å². The molecule has 0 aliphatic carbocycles. The Balaban J connectivity index is 1.92. The Bertz CT molecular complexity index is 337. The van der Waals surface area contributed by atoms with E-state index in [0.717, 1.165) is 11.8 Å². The summed E-state index contributed by atoms with van der Waals surface area (Å²) >= 11 is 2.12. The van der Waals surface area contributed by atoms with Gasteiger partial charge in [-0.05, 0) is 25.1 Å². The van der Waals surface area contributed by atoms with Gasteiger partial charge in [0.2, 0.25) is 0 Å². The molecule has 0 bridgehead atoms. The molecule has 1 aliphatic heterocycles. The number of rotatable bonds is 4. The number of nitrogens with zero attached hydrogens (tertiary/aromatic N) is 3. The minimum absolute atomic E-state index is 0.822. The van der Waals surface area contributed by atoms with Gasteiger partial charge >= 0.3 is 0 Å². The highest BCUT2D eigenvalue weighted by Gasteiger charge is 2.18. The molecular formula is C13H23N3S. The van der Waals surface area contributed by atoms with E-state index in [0.29, 0.717) is 0 Å². The number of hydrogen-bond donors (Lipinski definition) is 0. The maximum atomic E-state index is 4.43. The number of imidazole rings is 1. The van der Waals surface area contributed by atoms with Crippen LogP contribution in [0.5, 0.6) is 0 Å². The molecule has 0 spiro atoms. The lowest BCUT2D eigenvalue weighted by Gasteiger charge is -2.23.